The number of halogens is 1. The highest BCUT2D eigenvalue weighted by Gasteiger charge is 2.08. The molecule has 2 aromatic rings. The van der Waals surface area contributed by atoms with E-state index in [-0.39, 0.29) is 18.8 Å². The van der Waals surface area contributed by atoms with E-state index in [0.29, 0.717) is 5.75 Å². The Hall–Kier alpha value is -2.30. The third-order valence-corrected chi connectivity index (χ3v) is 4.65. The Bertz CT molecular complexity index is 784. The molecule has 0 saturated carbocycles. The highest BCUT2D eigenvalue weighted by Crippen LogP contribution is 2.30. The van der Waals surface area contributed by atoms with Crippen LogP contribution in [0.3, 0.4) is 0 Å². The van der Waals surface area contributed by atoms with Gasteiger partial charge in [0.1, 0.15) is 19.0 Å². The molecule has 4 nitrogen and oxygen atoms in total. The maximum Gasteiger partial charge on any atom is 0.335 e. The number of hydrogen-bond acceptors (Lipinski definition) is 4. The Labute approximate surface area is 171 Å². The van der Waals surface area contributed by atoms with Crippen molar-refractivity contribution in [3.05, 3.63) is 65.2 Å². The minimum Gasteiger partial charge on any atom is -0.490 e. The molecule has 0 saturated heterocycles. The molecule has 2 aromatic carbocycles. The van der Waals surface area contributed by atoms with Gasteiger partial charge in [-0.25, -0.2) is 4.79 Å². The summed E-state index contributed by atoms with van der Waals surface area (Å²) in [5.41, 5.74) is 3.30. The van der Waals surface area contributed by atoms with Gasteiger partial charge in [-0.05, 0) is 42.2 Å². The lowest BCUT2D eigenvalue weighted by Gasteiger charge is -2.10. The molecule has 0 aliphatic carbocycles. The normalized spacial score (nSPS) is 10.5. The van der Waals surface area contributed by atoms with Gasteiger partial charge >= 0.3 is 5.97 Å². The van der Waals surface area contributed by atoms with Gasteiger partial charge in [-0.2, -0.15) is 0 Å². The summed E-state index contributed by atoms with van der Waals surface area (Å²) in [5, 5.41) is 9.55. The van der Waals surface area contributed by atoms with Crippen LogP contribution in [0.5, 0.6) is 5.75 Å². The van der Waals surface area contributed by atoms with E-state index in [4.69, 9.17) is 26.2 Å². The number of rotatable bonds is 11. The zero-order chi connectivity index (χ0) is 20.4. The van der Waals surface area contributed by atoms with Gasteiger partial charge in [-0.15, -0.1) is 0 Å². The smallest absolute Gasteiger partial charge is 0.335 e. The number of carbonyl (C=O) groups excluding carboxylic acids is 1. The Morgan fingerprint density at radius 1 is 1.11 bits per heavy atom. The summed E-state index contributed by atoms with van der Waals surface area (Å²) in [6, 6.07) is 13.9. The molecular weight excluding hydrogens is 376 g/mol. The number of esters is 1. The van der Waals surface area contributed by atoms with E-state index in [1.165, 1.54) is 24.8 Å². The lowest BCUT2D eigenvalue weighted by Crippen LogP contribution is -2.14. The van der Waals surface area contributed by atoms with E-state index < -0.39 is 12.6 Å². The Kier molecular flexibility index (Phi) is 9.05. The first-order valence-electron chi connectivity index (χ1n) is 9.52. The second-order valence-electron chi connectivity index (χ2n) is 6.54. The maximum absolute atomic E-state index is 11.4. The fourth-order valence-electron chi connectivity index (χ4n) is 2.72. The van der Waals surface area contributed by atoms with E-state index in [1.54, 1.807) is 0 Å². The second kappa shape index (κ2) is 11.5. The summed E-state index contributed by atoms with van der Waals surface area (Å²) in [5.74, 6) is 0.0577. The van der Waals surface area contributed by atoms with Gasteiger partial charge < -0.3 is 14.6 Å². The van der Waals surface area contributed by atoms with E-state index in [0.717, 1.165) is 22.6 Å². The van der Waals surface area contributed by atoms with Crippen molar-refractivity contribution in [2.24, 2.45) is 0 Å². The van der Waals surface area contributed by atoms with Gasteiger partial charge in [0.2, 0.25) is 0 Å². The van der Waals surface area contributed by atoms with Crippen molar-refractivity contribution < 1.29 is 19.4 Å². The first kappa shape index (κ1) is 22.0. The average molecular weight is 403 g/mol. The van der Waals surface area contributed by atoms with Gasteiger partial charge in [0, 0.05) is 10.6 Å². The molecular formula is C23H27ClO4. The SMILES string of the molecule is C=C(CO)C(=O)OCCOc1ccc(-c2ccc(CCCCC)cc2Cl)cc1. The first-order valence-corrected chi connectivity index (χ1v) is 9.90. The van der Waals surface area contributed by atoms with Crippen LogP contribution in [0.15, 0.2) is 54.6 Å². The van der Waals surface area contributed by atoms with E-state index in [1.807, 2.05) is 30.3 Å². The molecule has 1 N–H and O–H groups in total. The van der Waals surface area contributed by atoms with Crippen molar-refractivity contribution >= 4 is 17.6 Å². The number of benzene rings is 2. The van der Waals surface area contributed by atoms with Crippen molar-refractivity contribution in [3.63, 3.8) is 0 Å². The van der Waals surface area contributed by atoms with Crippen LogP contribution in [-0.4, -0.2) is 30.9 Å². The molecule has 0 spiro atoms. The summed E-state index contributed by atoms with van der Waals surface area (Å²) < 4.78 is 10.5. The molecule has 0 radical (unpaired) electrons. The summed E-state index contributed by atoms with van der Waals surface area (Å²) in [4.78, 5) is 11.4. The van der Waals surface area contributed by atoms with Crippen molar-refractivity contribution in [2.45, 2.75) is 32.6 Å². The van der Waals surface area contributed by atoms with Gasteiger partial charge in [0.25, 0.3) is 0 Å². The van der Waals surface area contributed by atoms with Crippen LogP contribution >= 0.6 is 11.6 Å². The van der Waals surface area contributed by atoms with Crippen LogP contribution < -0.4 is 4.74 Å². The van der Waals surface area contributed by atoms with Crippen molar-refractivity contribution in [1.82, 2.24) is 0 Å². The molecule has 28 heavy (non-hydrogen) atoms. The fraction of sp³-hybridized carbons (Fsp3) is 0.348. The molecule has 0 amide bonds. The van der Waals surface area contributed by atoms with Crippen LogP contribution in [0.25, 0.3) is 11.1 Å². The lowest BCUT2D eigenvalue weighted by molar-refractivity contribution is -0.140. The number of unbranched alkanes of at least 4 members (excludes halogenated alkanes) is 2. The standard InChI is InChI=1S/C23H27ClO4/c1-3-4-5-6-18-7-12-21(22(24)15-18)19-8-10-20(11-9-19)27-13-14-28-23(26)17(2)16-25/h7-12,15,25H,2-6,13-14,16H2,1H3. The Morgan fingerprint density at radius 3 is 2.50 bits per heavy atom. The predicted octanol–water partition coefficient (Wildman–Crippen LogP) is 5.21. The maximum atomic E-state index is 11.4. The molecule has 5 heteroatoms. The number of aryl methyl sites for hydroxylation is 1. The Morgan fingerprint density at radius 2 is 1.86 bits per heavy atom. The molecule has 0 aromatic heterocycles. The zero-order valence-corrected chi connectivity index (χ0v) is 17.0. The van der Waals surface area contributed by atoms with Crippen LogP contribution in [0.4, 0.5) is 0 Å². The van der Waals surface area contributed by atoms with E-state index in [2.05, 4.69) is 25.6 Å². The van der Waals surface area contributed by atoms with E-state index in [9.17, 15) is 4.79 Å². The molecule has 0 fully saturated rings. The highest BCUT2D eigenvalue weighted by molar-refractivity contribution is 6.33. The average Bonchev–Trinajstić information content (AvgIpc) is 2.71. The molecule has 150 valence electrons. The lowest BCUT2D eigenvalue weighted by atomic mass is 10.0. The summed E-state index contributed by atoms with van der Waals surface area (Å²) in [6.45, 7) is 5.50. The third kappa shape index (κ3) is 6.70. The first-order chi connectivity index (χ1) is 13.5. The number of carbonyl (C=O) groups is 1. The van der Waals surface area contributed by atoms with Crippen molar-refractivity contribution in [1.29, 1.82) is 0 Å². The molecule has 0 aliphatic heterocycles. The fourth-order valence-corrected chi connectivity index (χ4v) is 3.03. The van der Waals surface area contributed by atoms with Crippen LogP contribution in [0, 0.1) is 0 Å². The van der Waals surface area contributed by atoms with Crippen LogP contribution in [0.2, 0.25) is 5.02 Å². The molecule has 0 bridgehead atoms. The second-order valence-corrected chi connectivity index (χ2v) is 6.95. The van der Waals surface area contributed by atoms with Gasteiger partial charge in [0.05, 0.1) is 12.2 Å². The van der Waals surface area contributed by atoms with Gasteiger partial charge in [-0.1, -0.05) is 62.2 Å². The predicted molar refractivity (Wildman–Crippen MR) is 113 cm³/mol. The topological polar surface area (TPSA) is 55.8 Å². The summed E-state index contributed by atoms with van der Waals surface area (Å²) in [6.07, 6.45) is 4.68. The molecule has 0 unspecified atom stereocenters. The van der Waals surface area contributed by atoms with Gasteiger partial charge in [0.15, 0.2) is 0 Å². The monoisotopic (exact) mass is 402 g/mol. The minimum atomic E-state index is -0.616. The van der Waals surface area contributed by atoms with Crippen LogP contribution in [0.1, 0.15) is 31.7 Å². The summed E-state index contributed by atoms with van der Waals surface area (Å²) >= 11 is 6.48. The minimum absolute atomic E-state index is 0.0256. The molecule has 0 atom stereocenters. The highest BCUT2D eigenvalue weighted by atomic mass is 35.5. The molecule has 0 heterocycles. The molecule has 2 rings (SSSR count). The quantitative estimate of drug-likeness (QED) is 0.318. The number of aliphatic hydroxyl groups is 1. The van der Waals surface area contributed by atoms with E-state index >= 15 is 0 Å². The van der Waals surface area contributed by atoms with Crippen molar-refractivity contribution in [3.8, 4) is 16.9 Å². The molecule has 0 aliphatic rings. The largest absolute Gasteiger partial charge is 0.490 e. The summed E-state index contributed by atoms with van der Waals surface area (Å²) in [7, 11) is 0. The van der Waals surface area contributed by atoms with Crippen LogP contribution in [-0.2, 0) is 16.0 Å². The number of aliphatic hydroxyl groups excluding tert-OH is 1. The van der Waals surface area contributed by atoms with Gasteiger partial charge in [-0.3, -0.25) is 0 Å². The Balaban J connectivity index is 1.88. The number of ether oxygens (including phenoxy) is 2. The van der Waals surface area contributed by atoms with Crippen molar-refractivity contribution in [2.75, 3.05) is 19.8 Å². The third-order valence-electron chi connectivity index (χ3n) is 4.33. The number of hydrogen-bond donors (Lipinski definition) is 1. The zero-order valence-electron chi connectivity index (χ0n) is 16.2.